The second-order valence-corrected chi connectivity index (χ2v) is 13.4. The lowest BCUT2D eigenvalue weighted by Crippen LogP contribution is -2.42. The summed E-state index contributed by atoms with van der Waals surface area (Å²) in [7, 11) is -4.25. The summed E-state index contributed by atoms with van der Waals surface area (Å²) in [6.45, 7) is 5.23. The van der Waals surface area contributed by atoms with Crippen molar-refractivity contribution in [3.8, 4) is 0 Å². The lowest BCUT2D eigenvalue weighted by molar-refractivity contribution is -0.121. The number of rotatable bonds is 7. The number of aliphatic imine (C=N–C) groups is 1. The van der Waals surface area contributed by atoms with Gasteiger partial charge in [-0.2, -0.15) is 4.31 Å². The Bertz CT molecular complexity index is 1040. The van der Waals surface area contributed by atoms with Gasteiger partial charge >= 0.3 is 0 Å². The van der Waals surface area contributed by atoms with Gasteiger partial charge in [-0.15, -0.1) is 0 Å². The van der Waals surface area contributed by atoms with Crippen LogP contribution < -0.4 is 5.32 Å². The molecular weight excluding hydrogens is 480 g/mol. The van der Waals surface area contributed by atoms with Crippen molar-refractivity contribution in [3.63, 3.8) is 0 Å². The highest BCUT2D eigenvalue weighted by Gasteiger charge is 2.45. The molecule has 1 aromatic rings. The molecule has 0 spiro atoms. The zero-order chi connectivity index (χ0) is 24.5. The topological polar surface area (TPSA) is 78.8 Å². The Kier molecular flexibility index (Phi) is 7.69. The van der Waals surface area contributed by atoms with Gasteiger partial charge in [-0.1, -0.05) is 37.6 Å². The number of hydrogen-bond acceptors (Lipinski definition) is 5. The average molecular weight is 514 g/mol. The van der Waals surface area contributed by atoms with E-state index in [0.717, 1.165) is 35.0 Å². The van der Waals surface area contributed by atoms with Crippen LogP contribution in [-0.2, 0) is 14.8 Å². The van der Waals surface area contributed by atoms with Gasteiger partial charge in [0.25, 0.3) is 0 Å². The van der Waals surface area contributed by atoms with Crippen molar-refractivity contribution < 1.29 is 22.0 Å². The molecule has 3 aliphatic rings. The largest absolute Gasteiger partial charge is 0.304 e. The van der Waals surface area contributed by atoms with E-state index in [2.05, 4.69) is 12.2 Å². The highest BCUT2D eigenvalue weighted by Crippen LogP contribution is 2.41. The molecule has 6 nitrogen and oxygen atoms in total. The summed E-state index contributed by atoms with van der Waals surface area (Å²) in [5, 5.41) is 3.62. The van der Waals surface area contributed by atoms with Gasteiger partial charge in [0, 0.05) is 19.6 Å². The minimum absolute atomic E-state index is 0.0578. The fourth-order valence-electron chi connectivity index (χ4n) is 5.41. The molecule has 3 atom stereocenters. The third-order valence-corrected chi connectivity index (χ3v) is 10.7. The molecule has 3 fully saturated rings. The molecule has 2 heterocycles. The molecule has 0 radical (unpaired) electrons. The van der Waals surface area contributed by atoms with Crippen molar-refractivity contribution in [3.05, 3.63) is 29.8 Å². The van der Waals surface area contributed by atoms with E-state index in [1.54, 1.807) is 0 Å². The molecule has 0 bridgehead atoms. The summed E-state index contributed by atoms with van der Waals surface area (Å²) < 4.78 is 54.3. The van der Waals surface area contributed by atoms with Crippen LogP contribution in [0.2, 0.25) is 0 Å². The van der Waals surface area contributed by atoms with E-state index in [0.29, 0.717) is 30.3 Å². The van der Waals surface area contributed by atoms with E-state index in [-0.39, 0.29) is 24.9 Å². The Balaban J connectivity index is 1.33. The second-order valence-electron chi connectivity index (χ2n) is 9.99. The molecule has 4 rings (SSSR count). The number of piperidine rings is 1. The van der Waals surface area contributed by atoms with Crippen molar-refractivity contribution in [2.24, 2.45) is 22.7 Å². The fraction of sp³-hybridized carbons (Fsp3) is 0.667. The summed E-state index contributed by atoms with van der Waals surface area (Å²) in [6.07, 6.45) is 6.56. The maximum Gasteiger partial charge on any atom is 0.248 e. The van der Waals surface area contributed by atoms with Gasteiger partial charge < -0.3 is 5.32 Å². The molecule has 10 heteroatoms. The molecule has 34 heavy (non-hydrogen) atoms. The number of nitrogens with zero attached hydrogens (tertiary/aromatic N) is 2. The third-order valence-electron chi connectivity index (χ3n) is 7.51. The minimum atomic E-state index is -4.25. The molecule has 1 saturated carbocycles. The number of hydrogen-bond donors (Lipinski definition) is 1. The van der Waals surface area contributed by atoms with Crippen LogP contribution in [0.1, 0.15) is 58.8 Å². The van der Waals surface area contributed by atoms with Crippen LogP contribution in [-0.4, -0.2) is 48.2 Å². The quantitative estimate of drug-likeness (QED) is 0.580. The summed E-state index contributed by atoms with van der Waals surface area (Å²) in [5.74, 6) is -0.693. The number of carbonyl (C=O) groups is 1. The van der Waals surface area contributed by atoms with Crippen LogP contribution in [0.15, 0.2) is 28.1 Å². The maximum atomic E-state index is 14.1. The predicted molar refractivity (Wildman–Crippen MR) is 130 cm³/mol. The standard InChI is InChI=1S/C24H33F2N3O3S2/c1-3-16-7-8-18(13-16)15-27-23-28-22(30)24(2,33-23)14-17-9-11-29(12-10-17)34(31,32)21-19(25)5-4-6-20(21)26/h4-6,16-18H,3,7-15H2,1-2H3,(H,27,28,30). The van der Waals surface area contributed by atoms with Gasteiger partial charge in [0.05, 0.1) is 4.75 Å². The van der Waals surface area contributed by atoms with E-state index in [9.17, 15) is 22.0 Å². The first-order valence-corrected chi connectivity index (χ1v) is 14.4. The molecule has 0 aromatic heterocycles. The zero-order valence-corrected chi connectivity index (χ0v) is 21.4. The lowest BCUT2D eigenvalue weighted by atomic mass is 9.87. The first-order valence-electron chi connectivity index (χ1n) is 12.1. The van der Waals surface area contributed by atoms with Gasteiger partial charge in [0.2, 0.25) is 15.9 Å². The van der Waals surface area contributed by atoms with Gasteiger partial charge in [-0.3, -0.25) is 9.79 Å². The average Bonchev–Trinajstić information content (AvgIpc) is 3.36. The predicted octanol–water partition coefficient (Wildman–Crippen LogP) is 4.56. The Hall–Kier alpha value is -1.52. The van der Waals surface area contributed by atoms with E-state index in [1.165, 1.54) is 37.4 Å². The van der Waals surface area contributed by atoms with Crippen molar-refractivity contribution in [2.45, 2.75) is 68.4 Å². The van der Waals surface area contributed by atoms with E-state index >= 15 is 0 Å². The summed E-state index contributed by atoms with van der Waals surface area (Å²) >= 11 is 1.47. The summed E-state index contributed by atoms with van der Waals surface area (Å²) in [6, 6.07) is 3.05. The second kappa shape index (κ2) is 10.2. The smallest absolute Gasteiger partial charge is 0.248 e. The van der Waals surface area contributed by atoms with Crippen LogP contribution in [0.5, 0.6) is 0 Å². The number of benzene rings is 1. The van der Waals surface area contributed by atoms with Crippen molar-refractivity contribution in [1.82, 2.24) is 9.62 Å². The number of nitrogens with one attached hydrogen (secondary N) is 1. The van der Waals surface area contributed by atoms with Crippen LogP contribution >= 0.6 is 11.8 Å². The van der Waals surface area contributed by atoms with Gasteiger partial charge in [-0.05, 0) is 68.9 Å². The van der Waals surface area contributed by atoms with E-state index < -0.39 is 31.3 Å². The number of amides is 1. The third kappa shape index (κ3) is 5.33. The Labute approximate surface area is 205 Å². The van der Waals surface area contributed by atoms with E-state index in [1.807, 2.05) is 6.92 Å². The van der Waals surface area contributed by atoms with Crippen LogP contribution in [0, 0.1) is 29.4 Å². The number of sulfonamides is 1. The minimum Gasteiger partial charge on any atom is -0.304 e. The van der Waals surface area contributed by atoms with Crippen molar-refractivity contribution >= 4 is 32.9 Å². The normalized spacial score (nSPS) is 30.2. The molecule has 188 valence electrons. The van der Waals surface area contributed by atoms with Gasteiger partial charge in [0.1, 0.15) is 11.6 Å². The molecular formula is C24H33F2N3O3S2. The molecule has 1 N–H and O–H groups in total. The maximum absolute atomic E-state index is 14.1. The number of carbonyl (C=O) groups excluding carboxylic acids is 1. The first-order chi connectivity index (χ1) is 16.1. The number of amidine groups is 1. The molecule has 3 unspecified atom stereocenters. The van der Waals surface area contributed by atoms with Crippen LogP contribution in [0.25, 0.3) is 0 Å². The number of thioether (sulfide) groups is 1. The number of halogens is 2. The first kappa shape index (κ1) is 25.6. The fourth-order valence-corrected chi connectivity index (χ4v) is 8.16. The van der Waals surface area contributed by atoms with Gasteiger partial charge in [0.15, 0.2) is 10.1 Å². The van der Waals surface area contributed by atoms with E-state index in [4.69, 9.17) is 4.99 Å². The zero-order valence-electron chi connectivity index (χ0n) is 19.7. The Morgan fingerprint density at radius 3 is 2.38 bits per heavy atom. The lowest BCUT2D eigenvalue weighted by Gasteiger charge is -2.34. The summed E-state index contributed by atoms with van der Waals surface area (Å²) in [5.41, 5.74) is 0. The highest BCUT2D eigenvalue weighted by atomic mass is 32.2. The molecule has 1 aromatic carbocycles. The van der Waals surface area contributed by atoms with Crippen molar-refractivity contribution in [1.29, 1.82) is 0 Å². The molecule has 2 aliphatic heterocycles. The molecule has 1 aliphatic carbocycles. The molecule has 2 saturated heterocycles. The SMILES string of the molecule is CCC1CCC(CN=C2NC(=O)C(C)(CC3CCN(S(=O)(=O)c4c(F)cccc4F)CC3)S2)C1. The monoisotopic (exact) mass is 513 g/mol. The Morgan fingerprint density at radius 2 is 1.76 bits per heavy atom. The summed E-state index contributed by atoms with van der Waals surface area (Å²) in [4.78, 5) is 16.6. The van der Waals surface area contributed by atoms with Crippen LogP contribution in [0.4, 0.5) is 8.78 Å². The molecule has 1 amide bonds. The van der Waals surface area contributed by atoms with Crippen molar-refractivity contribution in [2.75, 3.05) is 19.6 Å². The Morgan fingerprint density at radius 1 is 1.12 bits per heavy atom. The van der Waals surface area contributed by atoms with Crippen LogP contribution in [0.3, 0.4) is 0 Å². The highest BCUT2D eigenvalue weighted by molar-refractivity contribution is 8.16. The van der Waals surface area contributed by atoms with Gasteiger partial charge in [-0.25, -0.2) is 17.2 Å².